The number of thiazole rings is 1. The number of aryl methyl sites for hydroxylation is 1. The van der Waals surface area contributed by atoms with Gasteiger partial charge in [0.15, 0.2) is 3.92 Å². The second-order valence-electron chi connectivity index (χ2n) is 6.09. The van der Waals surface area contributed by atoms with Gasteiger partial charge in [0.05, 0.1) is 17.9 Å². The molecular formula is C19H13BrF2N4O2S. The van der Waals surface area contributed by atoms with E-state index >= 15 is 0 Å². The lowest BCUT2D eigenvalue weighted by Gasteiger charge is -2.06. The molecule has 0 aliphatic carbocycles. The van der Waals surface area contributed by atoms with Crippen LogP contribution in [0.3, 0.4) is 0 Å². The zero-order valence-electron chi connectivity index (χ0n) is 15.0. The summed E-state index contributed by atoms with van der Waals surface area (Å²) in [5.74, 6) is -0.846. The molecule has 148 valence electrons. The van der Waals surface area contributed by atoms with Gasteiger partial charge in [-0.3, -0.25) is 4.57 Å². The summed E-state index contributed by atoms with van der Waals surface area (Å²) in [5.41, 5.74) is 0.561. The molecule has 29 heavy (non-hydrogen) atoms. The maximum atomic E-state index is 13.8. The van der Waals surface area contributed by atoms with Crippen molar-refractivity contribution in [2.45, 2.75) is 13.5 Å². The van der Waals surface area contributed by atoms with E-state index in [-0.39, 0.29) is 12.1 Å². The summed E-state index contributed by atoms with van der Waals surface area (Å²) < 4.78 is 36.5. The van der Waals surface area contributed by atoms with Gasteiger partial charge in [0, 0.05) is 5.56 Å². The fraction of sp³-hybridized carbons (Fsp3) is 0.105. The molecule has 10 heteroatoms. The molecule has 0 unspecified atom stereocenters. The van der Waals surface area contributed by atoms with Crippen molar-refractivity contribution in [3.05, 3.63) is 86.1 Å². The van der Waals surface area contributed by atoms with Gasteiger partial charge in [-0.15, -0.1) is 0 Å². The molecule has 0 fully saturated rings. The zero-order chi connectivity index (χ0) is 20.5. The monoisotopic (exact) mass is 478 g/mol. The molecule has 0 N–H and O–H groups in total. The zero-order valence-corrected chi connectivity index (χ0v) is 17.4. The van der Waals surface area contributed by atoms with Crippen molar-refractivity contribution < 1.29 is 13.5 Å². The predicted octanol–water partition coefficient (Wildman–Crippen LogP) is 4.68. The normalized spacial score (nSPS) is 11.0. The Kier molecular flexibility index (Phi) is 5.29. The molecule has 0 aliphatic rings. The molecular weight excluding hydrogens is 466 g/mol. The van der Waals surface area contributed by atoms with Gasteiger partial charge >= 0.3 is 5.69 Å². The van der Waals surface area contributed by atoms with Gasteiger partial charge in [-0.05, 0) is 59.3 Å². The highest BCUT2D eigenvalue weighted by Crippen LogP contribution is 2.34. The Morgan fingerprint density at radius 2 is 1.83 bits per heavy atom. The van der Waals surface area contributed by atoms with Crippen molar-refractivity contribution in [2.24, 2.45) is 0 Å². The van der Waals surface area contributed by atoms with Crippen LogP contribution in [-0.4, -0.2) is 19.3 Å². The minimum atomic E-state index is -0.712. The number of hydrogen-bond donors (Lipinski definition) is 0. The number of ether oxygens (including phenoxy) is 1. The summed E-state index contributed by atoms with van der Waals surface area (Å²) in [6, 6.07) is 10.3. The van der Waals surface area contributed by atoms with Crippen molar-refractivity contribution in [3.8, 4) is 16.5 Å². The Hall–Kier alpha value is -2.85. The molecule has 0 aliphatic heterocycles. The first kappa shape index (κ1) is 19.5. The minimum absolute atomic E-state index is 0.191. The molecule has 4 aromatic rings. The molecule has 2 aromatic heterocycles. The summed E-state index contributed by atoms with van der Waals surface area (Å²) >= 11 is 4.68. The van der Waals surface area contributed by atoms with Crippen molar-refractivity contribution in [2.75, 3.05) is 0 Å². The Balaban J connectivity index is 1.56. The van der Waals surface area contributed by atoms with Gasteiger partial charge in [0.1, 0.15) is 23.7 Å². The number of hydrogen-bond acceptors (Lipinski definition) is 5. The molecule has 0 radical (unpaired) electrons. The Morgan fingerprint density at radius 1 is 1.14 bits per heavy atom. The van der Waals surface area contributed by atoms with Gasteiger partial charge in [-0.1, -0.05) is 17.4 Å². The van der Waals surface area contributed by atoms with Crippen LogP contribution in [0, 0.1) is 18.6 Å². The third kappa shape index (κ3) is 3.99. The lowest BCUT2D eigenvalue weighted by molar-refractivity contribution is 0.491. The van der Waals surface area contributed by atoms with Gasteiger partial charge in [0.2, 0.25) is 5.06 Å². The van der Waals surface area contributed by atoms with Crippen LogP contribution < -0.4 is 10.4 Å². The van der Waals surface area contributed by atoms with E-state index in [4.69, 9.17) is 4.74 Å². The number of benzene rings is 2. The summed E-state index contributed by atoms with van der Waals surface area (Å²) in [6.45, 7) is 1.59. The fourth-order valence-corrected chi connectivity index (χ4v) is 4.06. The lowest BCUT2D eigenvalue weighted by Crippen LogP contribution is -2.24. The SMILES string of the molecule is Cc1nc(Br)sc1Oc1ccc(-n2ncn(Cc3c(F)cccc3F)c2=O)cc1. The average molecular weight is 479 g/mol. The second-order valence-corrected chi connectivity index (χ2v) is 8.33. The molecule has 0 bridgehead atoms. The van der Waals surface area contributed by atoms with Crippen molar-refractivity contribution in [1.82, 2.24) is 19.3 Å². The maximum absolute atomic E-state index is 13.8. The maximum Gasteiger partial charge on any atom is 0.350 e. The fourth-order valence-electron chi connectivity index (χ4n) is 2.68. The Morgan fingerprint density at radius 3 is 2.45 bits per heavy atom. The smallest absolute Gasteiger partial charge is 0.350 e. The van der Waals surface area contributed by atoms with Crippen LogP contribution in [0.5, 0.6) is 10.8 Å². The molecule has 0 saturated heterocycles. The van der Waals surface area contributed by atoms with Crippen LogP contribution in [0.25, 0.3) is 5.69 Å². The van der Waals surface area contributed by atoms with E-state index in [0.29, 0.717) is 16.5 Å². The number of halogens is 3. The molecule has 0 atom stereocenters. The van der Waals surface area contributed by atoms with Crippen LogP contribution >= 0.6 is 27.3 Å². The van der Waals surface area contributed by atoms with E-state index in [1.165, 1.54) is 23.7 Å². The quantitative estimate of drug-likeness (QED) is 0.417. The summed E-state index contributed by atoms with van der Waals surface area (Å²) in [6.07, 6.45) is 1.25. The van der Waals surface area contributed by atoms with Gasteiger partial charge in [-0.2, -0.15) is 9.78 Å². The molecule has 2 aromatic carbocycles. The largest absolute Gasteiger partial charge is 0.445 e. The second kappa shape index (κ2) is 7.88. The Bertz CT molecular complexity index is 1210. The van der Waals surface area contributed by atoms with Gasteiger partial charge < -0.3 is 4.74 Å². The lowest BCUT2D eigenvalue weighted by atomic mass is 10.2. The van der Waals surface area contributed by atoms with Crippen molar-refractivity contribution >= 4 is 27.3 Å². The first-order valence-electron chi connectivity index (χ1n) is 8.41. The number of nitrogens with zero attached hydrogens (tertiary/aromatic N) is 4. The third-order valence-electron chi connectivity index (χ3n) is 4.14. The summed E-state index contributed by atoms with van der Waals surface area (Å²) in [4.78, 5) is 16.8. The van der Waals surface area contributed by atoms with E-state index in [1.807, 2.05) is 6.92 Å². The topological polar surface area (TPSA) is 61.9 Å². The highest BCUT2D eigenvalue weighted by atomic mass is 79.9. The van der Waals surface area contributed by atoms with E-state index in [1.54, 1.807) is 24.3 Å². The van der Waals surface area contributed by atoms with Gasteiger partial charge in [-0.25, -0.2) is 18.6 Å². The van der Waals surface area contributed by atoms with Crippen LogP contribution in [0.2, 0.25) is 0 Å². The minimum Gasteiger partial charge on any atom is -0.445 e. The predicted molar refractivity (Wildman–Crippen MR) is 108 cm³/mol. The van der Waals surface area contributed by atoms with E-state index in [2.05, 4.69) is 26.0 Å². The van der Waals surface area contributed by atoms with Crippen LogP contribution in [0.15, 0.2) is 57.5 Å². The van der Waals surface area contributed by atoms with Crippen LogP contribution in [0.4, 0.5) is 8.78 Å². The number of rotatable bonds is 5. The average Bonchev–Trinajstić information content (AvgIpc) is 3.20. The van der Waals surface area contributed by atoms with Crippen LogP contribution in [-0.2, 0) is 6.54 Å². The molecule has 0 saturated carbocycles. The first-order valence-corrected chi connectivity index (χ1v) is 10.0. The van der Waals surface area contributed by atoms with Crippen molar-refractivity contribution in [1.29, 1.82) is 0 Å². The third-order valence-corrected chi connectivity index (χ3v) is 5.63. The Labute approximate surface area is 176 Å². The summed E-state index contributed by atoms with van der Waals surface area (Å²) in [7, 11) is 0. The van der Waals surface area contributed by atoms with Gasteiger partial charge in [0.25, 0.3) is 0 Å². The summed E-state index contributed by atoms with van der Waals surface area (Å²) in [5, 5.41) is 4.70. The molecule has 2 heterocycles. The molecule has 4 rings (SSSR count). The van der Waals surface area contributed by atoms with E-state index in [9.17, 15) is 13.6 Å². The molecule has 0 amide bonds. The highest BCUT2D eigenvalue weighted by molar-refractivity contribution is 9.11. The highest BCUT2D eigenvalue weighted by Gasteiger charge is 2.14. The molecule has 6 nitrogen and oxygen atoms in total. The van der Waals surface area contributed by atoms with E-state index in [0.717, 1.165) is 31.0 Å². The van der Waals surface area contributed by atoms with Crippen molar-refractivity contribution in [3.63, 3.8) is 0 Å². The molecule has 0 spiro atoms. The first-order chi connectivity index (χ1) is 13.9. The van der Waals surface area contributed by atoms with Crippen LogP contribution in [0.1, 0.15) is 11.3 Å². The standard InChI is InChI=1S/C19H13BrF2N4O2S/c1-11-17(29-18(20)24-11)28-13-7-5-12(6-8-13)26-19(27)25(10-23-26)9-14-15(21)3-2-4-16(14)22/h2-8,10H,9H2,1H3. The number of aromatic nitrogens is 4. The van der Waals surface area contributed by atoms with E-state index < -0.39 is 17.3 Å².